The molecule has 0 aromatic carbocycles. The lowest BCUT2D eigenvalue weighted by atomic mass is 9.99. The Balaban J connectivity index is 2.03. The summed E-state index contributed by atoms with van der Waals surface area (Å²) in [4.78, 5) is 38.8. The summed E-state index contributed by atoms with van der Waals surface area (Å²) in [5.74, 6) is -1.87. The molecule has 0 radical (unpaired) electrons. The van der Waals surface area contributed by atoms with E-state index >= 15 is 0 Å². The average Bonchev–Trinajstić information content (AvgIpc) is 3.63. The maximum absolute atomic E-state index is 11.6. The number of fused-ring (bicyclic) bond motifs is 8. The molecule has 1 aliphatic heterocycles. The maximum Gasteiger partial charge on any atom is 0.303 e. The van der Waals surface area contributed by atoms with E-state index in [1.807, 2.05) is 46.8 Å². The van der Waals surface area contributed by atoms with Gasteiger partial charge in [0.1, 0.15) is 5.36 Å². The second kappa shape index (κ2) is 12.4. The summed E-state index contributed by atoms with van der Waals surface area (Å²) in [5, 5.41) is 28.4. The van der Waals surface area contributed by atoms with Crippen LogP contribution in [0.1, 0.15) is 95.3 Å². The number of aryl methyl sites for hydroxylation is 4. The van der Waals surface area contributed by atoms with Crippen molar-refractivity contribution in [2.75, 3.05) is 0 Å². The van der Waals surface area contributed by atoms with Crippen LogP contribution in [0, 0.1) is 26.2 Å². The first-order valence-electron chi connectivity index (χ1n) is 14.9. The fraction of sp³-hybridized carbons (Fsp3) is 0.353. The number of hydrogen-bond donors (Lipinski definition) is 8. The number of carbonyl (C=O) groups is 2. The third-order valence-electron chi connectivity index (χ3n) is 8.87. The number of carboxylic acid groups (broad SMARTS) is 2. The lowest BCUT2D eigenvalue weighted by molar-refractivity contribution is -0.137. The van der Waals surface area contributed by atoms with Crippen molar-refractivity contribution < 1.29 is 19.8 Å². The van der Waals surface area contributed by atoms with Crippen LogP contribution in [0.2, 0.25) is 0 Å². The second-order valence-corrected chi connectivity index (χ2v) is 13.4. The summed E-state index contributed by atoms with van der Waals surface area (Å²) in [6, 6.07) is 6.05. The fourth-order valence-corrected chi connectivity index (χ4v) is 7.15. The molecule has 5 heterocycles. The van der Waals surface area contributed by atoms with Crippen LogP contribution in [0.5, 0.6) is 0 Å². The van der Waals surface area contributed by atoms with Gasteiger partial charge in [0.05, 0.1) is 16.9 Å². The van der Waals surface area contributed by atoms with Gasteiger partial charge in [-0.25, -0.2) is 4.98 Å². The largest absolute Gasteiger partial charge is 0.481 e. The molecule has 1 aliphatic rings. The van der Waals surface area contributed by atoms with Crippen LogP contribution >= 0.6 is 25.3 Å². The van der Waals surface area contributed by atoms with Crippen molar-refractivity contribution in [3.8, 4) is 0 Å². The molecule has 5 rings (SSSR count). The molecular weight excluding hydrogens is 607 g/mol. The molecule has 4 aromatic rings. The number of H-pyrrole nitrogens is 3. The lowest BCUT2D eigenvalue weighted by Gasteiger charge is -2.04. The van der Waals surface area contributed by atoms with E-state index in [9.17, 15) is 25.2 Å². The Morgan fingerprint density at radius 3 is 1.78 bits per heavy atom. The van der Waals surface area contributed by atoms with Crippen molar-refractivity contribution in [1.29, 1.82) is 5.41 Å². The number of nitrogens with zero attached hydrogens (tertiary/aromatic N) is 1. The van der Waals surface area contributed by atoms with Gasteiger partial charge in [0, 0.05) is 50.9 Å². The highest BCUT2D eigenvalue weighted by Crippen LogP contribution is 2.36. The second-order valence-electron chi connectivity index (χ2n) is 11.9. The Labute approximate surface area is 271 Å². The number of nitrogens with one attached hydrogen (secondary N) is 4. The van der Waals surface area contributed by atoms with Crippen LogP contribution in [0.4, 0.5) is 0 Å². The van der Waals surface area contributed by atoms with E-state index in [4.69, 9.17) is 30.2 Å². The molecule has 0 saturated carbocycles. The van der Waals surface area contributed by atoms with E-state index in [0.717, 1.165) is 66.5 Å². The Morgan fingerprint density at radius 2 is 1.27 bits per heavy atom. The van der Waals surface area contributed by atoms with E-state index in [1.165, 1.54) is 0 Å². The van der Waals surface area contributed by atoms with Crippen molar-refractivity contribution in [2.24, 2.45) is 0 Å². The van der Waals surface area contributed by atoms with Crippen molar-refractivity contribution in [2.45, 2.75) is 77.7 Å². The Kier molecular flexibility index (Phi) is 8.97. The Hall–Kier alpha value is -3.96. The zero-order valence-electron chi connectivity index (χ0n) is 26.3. The van der Waals surface area contributed by atoms with E-state index in [0.29, 0.717) is 22.5 Å². The van der Waals surface area contributed by atoms with Crippen molar-refractivity contribution in [3.05, 3.63) is 68.3 Å². The molecule has 2 atom stereocenters. The third kappa shape index (κ3) is 6.03. The van der Waals surface area contributed by atoms with E-state index in [-0.39, 0.29) is 41.5 Å². The minimum absolute atomic E-state index is 0.0613. The van der Waals surface area contributed by atoms with Gasteiger partial charge in [-0.15, -0.1) is 0 Å². The molecule has 236 valence electrons. The molecule has 8 bridgehead atoms. The number of rotatable bonds is 8. The molecule has 11 heteroatoms. The van der Waals surface area contributed by atoms with Gasteiger partial charge >= 0.3 is 11.9 Å². The molecular formula is C34H39N5O4S2. The third-order valence-corrected chi connectivity index (χ3v) is 9.38. The SMILES string of the molecule is CC1=C(CCC(=O)O)c2nc1cc1[nH]c(cc3[nH]c(cc4[nH]c(c(CCC(=O)O)c4C)c2=N)c([C@H](C)S)c3C)c([C@H](C)S)c1C. The molecule has 0 spiro atoms. The standard InChI is InChI=1S/C34H39N5O4S2/c1-14-20(7-9-28(40)41)33-32(35)34-21(8-10-29(42)43)15(2)23(39-34)12-26-31(19(6)45)17(4)25(37-26)13-27-30(18(5)44)16(3)24(36-27)11-22(14)38-33/h11-13,18-19,35-37,39,44-45H,7-10H2,1-6H3,(H,40,41)(H,42,43)/t18-,19-/m0/s1. The highest BCUT2D eigenvalue weighted by atomic mass is 32.1. The Bertz CT molecular complexity index is 2100. The van der Waals surface area contributed by atoms with Gasteiger partial charge < -0.3 is 25.2 Å². The monoisotopic (exact) mass is 645 g/mol. The first kappa shape index (κ1) is 32.4. The summed E-state index contributed by atoms with van der Waals surface area (Å²) in [7, 11) is 0. The Morgan fingerprint density at radius 1 is 0.778 bits per heavy atom. The molecule has 0 unspecified atom stereocenters. The number of aromatic amines is 3. The fourth-order valence-electron chi connectivity index (χ4n) is 6.49. The van der Waals surface area contributed by atoms with Crippen molar-refractivity contribution in [1.82, 2.24) is 19.9 Å². The maximum atomic E-state index is 11.6. The number of allylic oxidation sites excluding steroid dienone is 2. The van der Waals surface area contributed by atoms with E-state index in [2.05, 4.69) is 27.9 Å². The normalized spacial score (nSPS) is 13.9. The van der Waals surface area contributed by atoms with Crippen LogP contribution in [-0.2, 0) is 16.0 Å². The molecule has 0 fully saturated rings. The van der Waals surface area contributed by atoms with Gasteiger partial charge in [-0.05, 0) is 117 Å². The summed E-state index contributed by atoms with van der Waals surface area (Å²) >= 11 is 9.63. The van der Waals surface area contributed by atoms with Gasteiger partial charge in [0.15, 0.2) is 0 Å². The highest BCUT2D eigenvalue weighted by Gasteiger charge is 2.22. The minimum atomic E-state index is -0.936. The van der Waals surface area contributed by atoms with Gasteiger partial charge in [-0.3, -0.25) is 15.0 Å². The summed E-state index contributed by atoms with van der Waals surface area (Å²) < 4.78 is 0. The lowest BCUT2D eigenvalue weighted by Crippen LogP contribution is -2.10. The smallest absolute Gasteiger partial charge is 0.303 e. The summed E-state index contributed by atoms with van der Waals surface area (Å²) in [6.45, 7) is 12.0. The minimum Gasteiger partial charge on any atom is -0.481 e. The summed E-state index contributed by atoms with van der Waals surface area (Å²) in [6.07, 6.45) is 0.218. The predicted molar refractivity (Wildman–Crippen MR) is 186 cm³/mol. The molecule has 4 aromatic heterocycles. The number of hydrogen-bond acceptors (Lipinski definition) is 6. The molecule has 45 heavy (non-hydrogen) atoms. The van der Waals surface area contributed by atoms with Crippen molar-refractivity contribution in [3.63, 3.8) is 0 Å². The van der Waals surface area contributed by atoms with E-state index in [1.54, 1.807) is 0 Å². The number of aromatic nitrogens is 4. The number of carboxylic acids is 2. The quantitative estimate of drug-likeness (QED) is 0.0920. The molecule has 0 saturated heterocycles. The van der Waals surface area contributed by atoms with Crippen LogP contribution in [0.15, 0.2) is 18.2 Å². The highest BCUT2D eigenvalue weighted by molar-refractivity contribution is 7.80. The summed E-state index contributed by atoms with van der Waals surface area (Å²) in [5.41, 5.74) is 13.1. The zero-order valence-corrected chi connectivity index (χ0v) is 28.1. The van der Waals surface area contributed by atoms with Crippen molar-refractivity contribution >= 4 is 81.4 Å². The van der Waals surface area contributed by atoms with Gasteiger partial charge in [-0.2, -0.15) is 25.3 Å². The molecule has 9 nitrogen and oxygen atoms in total. The topological polar surface area (TPSA) is 159 Å². The van der Waals surface area contributed by atoms with Crippen LogP contribution in [0.3, 0.4) is 0 Å². The molecule has 0 amide bonds. The zero-order chi connectivity index (χ0) is 32.9. The van der Waals surface area contributed by atoms with E-state index < -0.39 is 11.9 Å². The van der Waals surface area contributed by atoms with Crippen LogP contribution in [0.25, 0.3) is 44.2 Å². The average molecular weight is 646 g/mol. The van der Waals surface area contributed by atoms with Gasteiger partial charge in [0.25, 0.3) is 0 Å². The first-order valence-corrected chi connectivity index (χ1v) is 16.0. The van der Waals surface area contributed by atoms with Gasteiger partial charge in [-0.1, -0.05) is 0 Å². The van der Waals surface area contributed by atoms with Gasteiger partial charge in [0.2, 0.25) is 0 Å². The van der Waals surface area contributed by atoms with Crippen LogP contribution in [-0.4, -0.2) is 42.1 Å². The molecule has 6 N–H and O–H groups in total. The number of thiol groups is 2. The first-order chi connectivity index (χ1) is 21.2. The molecule has 0 aliphatic carbocycles. The van der Waals surface area contributed by atoms with Crippen LogP contribution < -0.4 is 5.36 Å². The predicted octanol–water partition coefficient (Wildman–Crippen LogP) is 7.72. The number of aliphatic carboxylic acids is 2.